The van der Waals surface area contributed by atoms with Gasteiger partial charge in [0.2, 0.25) is 0 Å². The zero-order valence-corrected chi connectivity index (χ0v) is 13.1. The van der Waals surface area contributed by atoms with Crippen LogP contribution in [0.25, 0.3) is 0 Å². The average molecular weight is 300 g/mol. The van der Waals surface area contributed by atoms with Crippen molar-refractivity contribution in [2.75, 3.05) is 11.9 Å². The molecule has 5 heteroatoms. The van der Waals surface area contributed by atoms with Gasteiger partial charge in [-0.3, -0.25) is 4.79 Å². The number of aliphatic hydroxyl groups excluding tert-OH is 1. The van der Waals surface area contributed by atoms with E-state index in [1.807, 2.05) is 39.8 Å². The number of hydrogen-bond acceptors (Lipinski definition) is 4. The maximum atomic E-state index is 11.7. The van der Waals surface area contributed by atoms with E-state index in [0.29, 0.717) is 5.02 Å². The smallest absolute Gasteiger partial charge is 0.308 e. The Bertz CT molecular complexity index is 469. The summed E-state index contributed by atoms with van der Waals surface area (Å²) in [5.41, 5.74) is 1.22. The van der Waals surface area contributed by atoms with Gasteiger partial charge in [-0.15, -0.1) is 0 Å². The van der Waals surface area contributed by atoms with Crippen LogP contribution in [0, 0.1) is 6.92 Å². The molecule has 0 spiro atoms. The number of aryl methyl sites for hydroxylation is 1. The molecular formula is C15H22ClNO3. The van der Waals surface area contributed by atoms with E-state index in [1.54, 1.807) is 6.07 Å². The molecule has 0 saturated heterocycles. The number of anilines is 1. The first-order valence-electron chi connectivity index (χ1n) is 6.56. The van der Waals surface area contributed by atoms with Crippen LogP contribution in [0.15, 0.2) is 18.2 Å². The lowest BCUT2D eigenvalue weighted by atomic mass is 10.1. The molecule has 1 aromatic rings. The van der Waals surface area contributed by atoms with Crippen molar-refractivity contribution in [3.63, 3.8) is 0 Å². The Morgan fingerprint density at radius 1 is 1.45 bits per heavy atom. The maximum Gasteiger partial charge on any atom is 0.308 e. The minimum absolute atomic E-state index is 0.0965. The van der Waals surface area contributed by atoms with E-state index in [0.717, 1.165) is 11.3 Å². The predicted molar refractivity (Wildman–Crippen MR) is 81.1 cm³/mol. The van der Waals surface area contributed by atoms with Crippen molar-refractivity contribution in [3.8, 4) is 0 Å². The summed E-state index contributed by atoms with van der Waals surface area (Å²) in [6.45, 7) is 7.19. The second-order valence-corrected chi connectivity index (χ2v) is 6.19. The van der Waals surface area contributed by atoms with E-state index in [4.69, 9.17) is 16.3 Å². The standard InChI is InChI=1S/C15H22ClNO3/c1-10-5-6-11(7-13(10)16)17-12(9-18)8-14(19)20-15(2,3)4/h5-7,12,17-18H,8-9H2,1-4H3. The molecule has 0 amide bonds. The van der Waals surface area contributed by atoms with E-state index < -0.39 is 11.6 Å². The number of nitrogens with one attached hydrogen (secondary N) is 1. The van der Waals surface area contributed by atoms with Crippen LogP contribution in [0.4, 0.5) is 5.69 Å². The third kappa shape index (κ3) is 5.80. The number of carbonyl (C=O) groups excluding carboxylic acids is 1. The number of ether oxygens (including phenoxy) is 1. The fourth-order valence-electron chi connectivity index (χ4n) is 1.66. The first-order valence-corrected chi connectivity index (χ1v) is 6.94. The van der Waals surface area contributed by atoms with Crippen LogP contribution in [0.2, 0.25) is 5.02 Å². The first kappa shape index (κ1) is 16.8. The molecule has 0 aromatic heterocycles. The molecule has 2 N–H and O–H groups in total. The molecule has 0 radical (unpaired) electrons. The lowest BCUT2D eigenvalue weighted by Gasteiger charge is -2.22. The Morgan fingerprint density at radius 2 is 2.10 bits per heavy atom. The summed E-state index contributed by atoms with van der Waals surface area (Å²) in [6.07, 6.45) is 0.0965. The van der Waals surface area contributed by atoms with E-state index in [2.05, 4.69) is 5.32 Å². The molecule has 0 saturated carbocycles. The van der Waals surface area contributed by atoms with Gasteiger partial charge < -0.3 is 15.2 Å². The Morgan fingerprint density at radius 3 is 2.60 bits per heavy atom. The molecule has 0 heterocycles. The number of esters is 1. The topological polar surface area (TPSA) is 58.6 Å². The van der Waals surface area contributed by atoms with Crippen LogP contribution >= 0.6 is 11.6 Å². The van der Waals surface area contributed by atoms with Gasteiger partial charge in [0.1, 0.15) is 5.60 Å². The van der Waals surface area contributed by atoms with E-state index in [-0.39, 0.29) is 19.0 Å². The van der Waals surface area contributed by atoms with Gasteiger partial charge in [-0.1, -0.05) is 17.7 Å². The second-order valence-electron chi connectivity index (χ2n) is 5.78. The highest BCUT2D eigenvalue weighted by molar-refractivity contribution is 6.31. The van der Waals surface area contributed by atoms with Crippen LogP contribution in [0.5, 0.6) is 0 Å². The van der Waals surface area contributed by atoms with Crippen molar-refractivity contribution in [1.29, 1.82) is 0 Å². The van der Waals surface area contributed by atoms with Gasteiger partial charge in [-0.05, 0) is 45.4 Å². The Hall–Kier alpha value is -1.26. The minimum Gasteiger partial charge on any atom is -0.460 e. The quantitative estimate of drug-likeness (QED) is 0.820. The normalized spacial score (nSPS) is 12.9. The van der Waals surface area contributed by atoms with E-state index in [9.17, 15) is 9.90 Å². The van der Waals surface area contributed by atoms with Crippen molar-refractivity contribution >= 4 is 23.3 Å². The van der Waals surface area contributed by atoms with Gasteiger partial charge >= 0.3 is 5.97 Å². The van der Waals surface area contributed by atoms with Crippen LogP contribution in [-0.2, 0) is 9.53 Å². The predicted octanol–water partition coefficient (Wildman–Crippen LogP) is 3.15. The van der Waals surface area contributed by atoms with Gasteiger partial charge in [-0.2, -0.15) is 0 Å². The highest BCUT2D eigenvalue weighted by atomic mass is 35.5. The van der Waals surface area contributed by atoms with Crippen molar-refractivity contribution in [1.82, 2.24) is 0 Å². The van der Waals surface area contributed by atoms with E-state index >= 15 is 0 Å². The molecule has 0 aliphatic rings. The largest absolute Gasteiger partial charge is 0.460 e. The minimum atomic E-state index is -0.524. The molecule has 0 aliphatic heterocycles. The summed E-state index contributed by atoms with van der Waals surface area (Å²) >= 11 is 6.04. The maximum absolute atomic E-state index is 11.7. The van der Waals surface area contributed by atoms with Gasteiger partial charge in [0.15, 0.2) is 0 Å². The van der Waals surface area contributed by atoms with Gasteiger partial charge in [0, 0.05) is 10.7 Å². The van der Waals surface area contributed by atoms with Crippen LogP contribution in [0.1, 0.15) is 32.8 Å². The summed E-state index contributed by atoms with van der Waals surface area (Å²) in [5, 5.41) is 13.1. The van der Waals surface area contributed by atoms with Crippen molar-refractivity contribution < 1.29 is 14.6 Å². The monoisotopic (exact) mass is 299 g/mol. The average Bonchev–Trinajstić information content (AvgIpc) is 2.30. The number of aliphatic hydroxyl groups is 1. The Labute approximate surface area is 125 Å². The highest BCUT2D eigenvalue weighted by Crippen LogP contribution is 2.21. The van der Waals surface area contributed by atoms with Crippen molar-refractivity contribution in [2.45, 2.75) is 45.8 Å². The molecule has 20 heavy (non-hydrogen) atoms. The Kier molecular flexibility index (Phi) is 5.84. The third-order valence-electron chi connectivity index (χ3n) is 2.60. The third-order valence-corrected chi connectivity index (χ3v) is 3.00. The molecule has 1 unspecified atom stereocenters. The molecule has 1 aromatic carbocycles. The lowest BCUT2D eigenvalue weighted by molar-refractivity contribution is -0.155. The van der Waals surface area contributed by atoms with Gasteiger partial charge in [-0.25, -0.2) is 0 Å². The number of halogens is 1. The summed E-state index contributed by atoms with van der Waals surface area (Å²) in [4.78, 5) is 11.7. The number of rotatable bonds is 5. The number of carbonyl (C=O) groups is 1. The second kappa shape index (κ2) is 6.95. The zero-order chi connectivity index (χ0) is 15.3. The van der Waals surface area contributed by atoms with E-state index in [1.165, 1.54) is 0 Å². The molecule has 0 bridgehead atoms. The van der Waals surface area contributed by atoms with Crippen molar-refractivity contribution in [2.24, 2.45) is 0 Å². The van der Waals surface area contributed by atoms with Gasteiger partial charge in [0.05, 0.1) is 19.1 Å². The number of hydrogen-bond donors (Lipinski definition) is 2. The highest BCUT2D eigenvalue weighted by Gasteiger charge is 2.20. The first-order chi connectivity index (χ1) is 9.21. The molecular weight excluding hydrogens is 278 g/mol. The molecule has 0 aliphatic carbocycles. The molecule has 1 atom stereocenters. The van der Waals surface area contributed by atoms with Crippen LogP contribution < -0.4 is 5.32 Å². The molecule has 4 nitrogen and oxygen atoms in total. The lowest BCUT2D eigenvalue weighted by Crippen LogP contribution is -2.31. The van der Waals surface area contributed by atoms with Crippen LogP contribution in [-0.4, -0.2) is 29.3 Å². The summed E-state index contributed by atoms with van der Waals surface area (Å²) in [5.74, 6) is -0.345. The Balaban J connectivity index is 2.63. The zero-order valence-electron chi connectivity index (χ0n) is 12.4. The SMILES string of the molecule is Cc1ccc(NC(CO)CC(=O)OC(C)(C)C)cc1Cl. The fourth-order valence-corrected chi connectivity index (χ4v) is 1.84. The fraction of sp³-hybridized carbons (Fsp3) is 0.533. The summed E-state index contributed by atoms with van der Waals surface area (Å²) in [6, 6.07) is 5.11. The molecule has 112 valence electrons. The summed E-state index contributed by atoms with van der Waals surface area (Å²) in [7, 11) is 0. The molecule has 0 fully saturated rings. The molecule has 1 rings (SSSR count). The van der Waals surface area contributed by atoms with Crippen molar-refractivity contribution in [3.05, 3.63) is 28.8 Å². The van der Waals surface area contributed by atoms with Crippen LogP contribution in [0.3, 0.4) is 0 Å². The van der Waals surface area contributed by atoms with Gasteiger partial charge in [0.25, 0.3) is 0 Å². The number of benzene rings is 1. The summed E-state index contributed by atoms with van der Waals surface area (Å²) < 4.78 is 5.23.